The SMILES string of the molecule is CNc1cc(CN)cc(OC2CC2)c1. The monoisotopic (exact) mass is 192 g/mol. The van der Waals surface area contributed by atoms with E-state index in [1.54, 1.807) is 0 Å². The Balaban J connectivity index is 2.19. The van der Waals surface area contributed by atoms with E-state index in [4.69, 9.17) is 10.5 Å². The van der Waals surface area contributed by atoms with Crippen molar-refractivity contribution in [3.05, 3.63) is 23.8 Å². The summed E-state index contributed by atoms with van der Waals surface area (Å²) < 4.78 is 5.71. The molecule has 0 aliphatic heterocycles. The summed E-state index contributed by atoms with van der Waals surface area (Å²) in [5, 5.41) is 3.10. The molecule has 0 saturated heterocycles. The van der Waals surface area contributed by atoms with Gasteiger partial charge in [-0.1, -0.05) is 0 Å². The fourth-order valence-corrected chi connectivity index (χ4v) is 1.37. The lowest BCUT2D eigenvalue weighted by atomic mass is 10.2. The Morgan fingerprint density at radius 2 is 2.21 bits per heavy atom. The number of hydrogen-bond donors (Lipinski definition) is 2. The number of hydrogen-bond acceptors (Lipinski definition) is 3. The van der Waals surface area contributed by atoms with Gasteiger partial charge in [0.2, 0.25) is 0 Å². The average Bonchev–Trinajstić information content (AvgIpc) is 3.01. The van der Waals surface area contributed by atoms with Crippen molar-refractivity contribution in [2.45, 2.75) is 25.5 Å². The maximum Gasteiger partial charge on any atom is 0.122 e. The molecule has 0 bridgehead atoms. The number of nitrogens with one attached hydrogen (secondary N) is 1. The Kier molecular flexibility index (Phi) is 2.59. The van der Waals surface area contributed by atoms with Gasteiger partial charge >= 0.3 is 0 Å². The fraction of sp³-hybridized carbons (Fsp3) is 0.455. The molecule has 1 aliphatic carbocycles. The molecule has 1 aliphatic rings. The van der Waals surface area contributed by atoms with E-state index in [0.29, 0.717) is 12.6 Å². The van der Waals surface area contributed by atoms with Crippen LogP contribution in [-0.2, 0) is 6.54 Å². The topological polar surface area (TPSA) is 47.3 Å². The van der Waals surface area contributed by atoms with Crippen LogP contribution < -0.4 is 15.8 Å². The maximum atomic E-state index is 5.71. The average molecular weight is 192 g/mol. The molecule has 3 heteroatoms. The van der Waals surface area contributed by atoms with Crippen LogP contribution in [-0.4, -0.2) is 13.2 Å². The molecule has 0 spiro atoms. The molecule has 0 unspecified atom stereocenters. The zero-order valence-electron chi connectivity index (χ0n) is 8.42. The van der Waals surface area contributed by atoms with Gasteiger partial charge in [-0.05, 0) is 30.5 Å². The summed E-state index contributed by atoms with van der Waals surface area (Å²) in [4.78, 5) is 0. The van der Waals surface area contributed by atoms with Crippen molar-refractivity contribution >= 4 is 5.69 Å². The van der Waals surface area contributed by atoms with Crippen molar-refractivity contribution in [1.29, 1.82) is 0 Å². The first kappa shape index (κ1) is 9.34. The maximum absolute atomic E-state index is 5.71. The van der Waals surface area contributed by atoms with Gasteiger partial charge in [0.1, 0.15) is 5.75 Å². The van der Waals surface area contributed by atoms with Crippen molar-refractivity contribution in [3.63, 3.8) is 0 Å². The number of anilines is 1. The third-order valence-electron chi connectivity index (χ3n) is 2.32. The fourth-order valence-electron chi connectivity index (χ4n) is 1.37. The lowest BCUT2D eigenvalue weighted by molar-refractivity contribution is 0.303. The Hall–Kier alpha value is -1.22. The van der Waals surface area contributed by atoms with Crippen LogP contribution in [0, 0.1) is 0 Å². The van der Waals surface area contributed by atoms with Crippen molar-refractivity contribution in [3.8, 4) is 5.75 Å². The first-order valence-electron chi connectivity index (χ1n) is 5.00. The van der Waals surface area contributed by atoms with Gasteiger partial charge in [-0.2, -0.15) is 0 Å². The Bertz CT molecular complexity index is 299. The molecule has 0 aromatic heterocycles. The highest BCUT2D eigenvalue weighted by Gasteiger charge is 2.23. The molecule has 14 heavy (non-hydrogen) atoms. The van der Waals surface area contributed by atoms with Gasteiger partial charge < -0.3 is 15.8 Å². The molecule has 1 fully saturated rings. The zero-order chi connectivity index (χ0) is 9.97. The molecule has 3 N–H and O–H groups in total. The largest absolute Gasteiger partial charge is 0.490 e. The number of rotatable bonds is 4. The first-order valence-corrected chi connectivity index (χ1v) is 5.00. The molecule has 1 saturated carbocycles. The smallest absolute Gasteiger partial charge is 0.122 e. The van der Waals surface area contributed by atoms with Crippen molar-refractivity contribution < 1.29 is 4.74 Å². The first-order chi connectivity index (χ1) is 6.81. The van der Waals surface area contributed by atoms with Crippen LogP contribution in [0.1, 0.15) is 18.4 Å². The predicted octanol–water partition coefficient (Wildman–Crippen LogP) is 1.73. The Morgan fingerprint density at radius 3 is 2.79 bits per heavy atom. The molecule has 76 valence electrons. The van der Waals surface area contributed by atoms with Crippen molar-refractivity contribution in [1.82, 2.24) is 0 Å². The minimum atomic E-state index is 0.438. The van der Waals surface area contributed by atoms with Gasteiger partial charge in [0, 0.05) is 25.3 Å². The van der Waals surface area contributed by atoms with Gasteiger partial charge in [0.15, 0.2) is 0 Å². The second-order valence-electron chi connectivity index (χ2n) is 3.64. The summed E-state index contributed by atoms with van der Waals surface area (Å²) in [6, 6.07) is 6.07. The Morgan fingerprint density at radius 1 is 1.43 bits per heavy atom. The summed E-state index contributed by atoms with van der Waals surface area (Å²) in [5.41, 5.74) is 7.77. The second-order valence-corrected chi connectivity index (χ2v) is 3.64. The van der Waals surface area contributed by atoms with Crippen molar-refractivity contribution in [2.75, 3.05) is 12.4 Å². The van der Waals surface area contributed by atoms with Gasteiger partial charge in [-0.3, -0.25) is 0 Å². The second kappa shape index (κ2) is 3.88. The molecule has 0 heterocycles. The molecule has 2 rings (SSSR count). The quantitative estimate of drug-likeness (QED) is 0.763. The van der Waals surface area contributed by atoms with E-state index in [2.05, 4.69) is 5.32 Å². The highest BCUT2D eigenvalue weighted by molar-refractivity contribution is 5.51. The third-order valence-corrected chi connectivity index (χ3v) is 2.32. The third kappa shape index (κ3) is 2.17. The van der Waals surface area contributed by atoms with Crippen LogP contribution in [0.4, 0.5) is 5.69 Å². The molecule has 0 atom stereocenters. The molecule has 0 radical (unpaired) electrons. The van der Waals surface area contributed by atoms with E-state index in [1.165, 1.54) is 12.8 Å². The van der Waals surface area contributed by atoms with Crippen LogP contribution in [0.2, 0.25) is 0 Å². The van der Waals surface area contributed by atoms with Crippen molar-refractivity contribution in [2.24, 2.45) is 5.73 Å². The normalized spacial score (nSPS) is 15.3. The highest BCUT2D eigenvalue weighted by atomic mass is 16.5. The van der Waals surface area contributed by atoms with E-state index in [0.717, 1.165) is 17.0 Å². The summed E-state index contributed by atoms with van der Waals surface area (Å²) in [6.07, 6.45) is 2.80. The Labute approximate surface area is 84.3 Å². The summed E-state index contributed by atoms with van der Waals surface area (Å²) in [7, 11) is 1.90. The number of benzene rings is 1. The van der Waals surface area contributed by atoms with Gasteiger partial charge in [-0.15, -0.1) is 0 Å². The van der Waals surface area contributed by atoms with E-state index < -0.39 is 0 Å². The molecular formula is C11H16N2O. The van der Waals surface area contributed by atoms with Crippen LogP contribution in [0.5, 0.6) is 5.75 Å². The van der Waals surface area contributed by atoms with Crippen LogP contribution in [0.25, 0.3) is 0 Å². The molecular weight excluding hydrogens is 176 g/mol. The predicted molar refractivity (Wildman–Crippen MR) is 57.5 cm³/mol. The minimum absolute atomic E-state index is 0.438. The summed E-state index contributed by atoms with van der Waals surface area (Å²) in [6.45, 7) is 0.552. The molecule has 1 aromatic carbocycles. The highest BCUT2D eigenvalue weighted by Crippen LogP contribution is 2.29. The zero-order valence-corrected chi connectivity index (χ0v) is 8.42. The van der Waals surface area contributed by atoms with E-state index in [1.807, 2.05) is 25.2 Å². The standard InChI is InChI=1S/C11H16N2O/c1-13-9-4-8(7-12)5-11(6-9)14-10-2-3-10/h4-6,10,13H,2-3,7,12H2,1H3. The van der Waals surface area contributed by atoms with Gasteiger partial charge in [0.25, 0.3) is 0 Å². The molecule has 1 aromatic rings. The summed E-state index contributed by atoms with van der Waals surface area (Å²) in [5.74, 6) is 0.930. The van der Waals surface area contributed by atoms with E-state index in [-0.39, 0.29) is 0 Å². The van der Waals surface area contributed by atoms with Gasteiger partial charge in [0.05, 0.1) is 6.10 Å². The molecule has 3 nitrogen and oxygen atoms in total. The number of nitrogens with two attached hydrogens (primary N) is 1. The lowest BCUT2D eigenvalue weighted by Crippen LogP contribution is -2.01. The molecule has 0 amide bonds. The van der Waals surface area contributed by atoms with Crippen LogP contribution in [0.3, 0.4) is 0 Å². The minimum Gasteiger partial charge on any atom is -0.490 e. The van der Waals surface area contributed by atoms with E-state index in [9.17, 15) is 0 Å². The summed E-state index contributed by atoms with van der Waals surface area (Å²) >= 11 is 0. The van der Waals surface area contributed by atoms with E-state index >= 15 is 0 Å². The van der Waals surface area contributed by atoms with Crippen LogP contribution in [0.15, 0.2) is 18.2 Å². The number of ether oxygens (including phenoxy) is 1. The lowest BCUT2D eigenvalue weighted by Gasteiger charge is -2.09. The van der Waals surface area contributed by atoms with Crippen LogP contribution >= 0.6 is 0 Å². The van der Waals surface area contributed by atoms with Gasteiger partial charge in [-0.25, -0.2) is 0 Å².